The highest BCUT2D eigenvalue weighted by Crippen LogP contribution is 2.80. The van der Waals surface area contributed by atoms with E-state index in [4.69, 9.17) is 9.47 Å². The van der Waals surface area contributed by atoms with E-state index in [1.54, 1.807) is 13.2 Å². The molecule has 2 spiro atoms. The van der Waals surface area contributed by atoms with Crippen molar-refractivity contribution in [2.24, 2.45) is 16.7 Å². The number of hydrogen-bond donors (Lipinski definition) is 3. The summed E-state index contributed by atoms with van der Waals surface area (Å²) in [5, 5.41) is 26.4. The molecule has 0 radical (unpaired) electrons. The molecule has 1 aromatic carbocycles. The number of aromatic hydroxyl groups is 1. The maximum absolute atomic E-state index is 11.8. The van der Waals surface area contributed by atoms with E-state index in [1.165, 1.54) is 11.1 Å². The minimum atomic E-state index is -0.900. The van der Waals surface area contributed by atoms with E-state index in [1.807, 2.05) is 6.92 Å². The number of piperidine rings is 1. The number of phenolic OH excluding ortho intramolecular Hbond substituents is 1. The van der Waals surface area contributed by atoms with Gasteiger partial charge in [0.15, 0.2) is 11.5 Å². The summed E-state index contributed by atoms with van der Waals surface area (Å²) in [7, 11) is 1.79. The number of fused-ring (bicyclic) bond motifs is 2. The van der Waals surface area contributed by atoms with Crippen molar-refractivity contribution in [3.8, 4) is 11.5 Å². The Kier molecular flexibility index (Phi) is 3.15. The molecule has 5 heteroatoms. The molecule has 2 aliphatic heterocycles. The third kappa shape index (κ3) is 1.67. The van der Waals surface area contributed by atoms with Crippen molar-refractivity contribution in [2.45, 2.75) is 82.1 Å². The minimum Gasteiger partial charge on any atom is -0.504 e. The monoisotopic (exact) mass is 399 g/mol. The smallest absolute Gasteiger partial charge is 0.165 e. The van der Waals surface area contributed by atoms with Crippen LogP contribution in [0.3, 0.4) is 0 Å². The zero-order valence-corrected chi connectivity index (χ0v) is 18.1. The predicted octanol–water partition coefficient (Wildman–Crippen LogP) is 2.90. The van der Waals surface area contributed by atoms with Crippen molar-refractivity contribution in [3.05, 3.63) is 23.3 Å². The van der Waals surface area contributed by atoms with Gasteiger partial charge in [-0.2, -0.15) is 0 Å². The van der Waals surface area contributed by atoms with E-state index >= 15 is 0 Å². The number of rotatable bonds is 2. The Bertz CT molecular complexity index is 920. The van der Waals surface area contributed by atoms with Crippen LogP contribution in [0.15, 0.2) is 12.1 Å². The molecule has 4 bridgehead atoms. The van der Waals surface area contributed by atoms with E-state index in [0.29, 0.717) is 11.8 Å². The number of ether oxygens (including phenoxy) is 2. The molecular formula is C24H33NO4. The van der Waals surface area contributed by atoms with Crippen LogP contribution in [0.25, 0.3) is 0 Å². The molecular weight excluding hydrogens is 366 g/mol. The fourth-order valence-corrected chi connectivity index (χ4v) is 8.33. The van der Waals surface area contributed by atoms with Crippen LogP contribution in [0.5, 0.6) is 11.5 Å². The Balaban J connectivity index is 1.63. The normalized spacial score (nSPS) is 45.7. The molecule has 29 heavy (non-hydrogen) atoms. The number of nitrogens with one attached hydrogen (secondary N) is 1. The zero-order valence-electron chi connectivity index (χ0n) is 18.1. The molecule has 6 rings (SSSR count). The standard InChI is InChI=1S/C24H33NO4/c1-20(2,3)21(4,27)15-11-22-12-24(15,28-5)19-23(22)8-9-25-16(22)10-13-6-7-14(26)18(29-19)17(13)23/h6-7,15-16,19,25-27H,8-12H2,1-5H3. The second kappa shape index (κ2) is 4.95. The summed E-state index contributed by atoms with van der Waals surface area (Å²) >= 11 is 0. The van der Waals surface area contributed by atoms with Crippen LogP contribution in [0, 0.1) is 16.7 Å². The van der Waals surface area contributed by atoms with Gasteiger partial charge in [-0.3, -0.25) is 0 Å². The molecule has 5 nitrogen and oxygen atoms in total. The van der Waals surface area contributed by atoms with Gasteiger partial charge in [-0.25, -0.2) is 0 Å². The molecule has 2 heterocycles. The predicted molar refractivity (Wildman–Crippen MR) is 109 cm³/mol. The average Bonchev–Trinajstić information content (AvgIpc) is 3.24. The lowest BCUT2D eigenvalue weighted by atomic mass is 9.46. The third-order valence-electron chi connectivity index (χ3n) is 10.0. The third-order valence-corrected chi connectivity index (χ3v) is 10.0. The fraction of sp³-hybridized carbons (Fsp3) is 0.750. The second-order valence-electron chi connectivity index (χ2n) is 11.5. The maximum atomic E-state index is 11.8. The number of phenols is 1. The highest BCUT2D eigenvalue weighted by molar-refractivity contribution is 5.64. The number of benzene rings is 1. The van der Waals surface area contributed by atoms with Crippen molar-refractivity contribution >= 4 is 0 Å². The first-order valence-corrected chi connectivity index (χ1v) is 11.1. The van der Waals surface area contributed by atoms with Gasteiger partial charge in [-0.15, -0.1) is 0 Å². The van der Waals surface area contributed by atoms with E-state index in [0.717, 1.165) is 32.2 Å². The molecule has 1 aromatic rings. The van der Waals surface area contributed by atoms with Gasteiger partial charge in [0, 0.05) is 35.5 Å². The molecule has 3 N–H and O–H groups in total. The van der Waals surface area contributed by atoms with Crippen LogP contribution in [-0.4, -0.2) is 47.2 Å². The summed E-state index contributed by atoms with van der Waals surface area (Å²) in [5.41, 5.74) is 0.655. The van der Waals surface area contributed by atoms with E-state index in [-0.39, 0.29) is 34.0 Å². The Labute approximate surface area is 172 Å². The van der Waals surface area contributed by atoms with Crippen molar-refractivity contribution < 1.29 is 19.7 Å². The lowest BCUT2D eigenvalue weighted by molar-refractivity contribution is -0.208. The van der Waals surface area contributed by atoms with Crippen LogP contribution in [0.1, 0.15) is 58.1 Å². The quantitative estimate of drug-likeness (QED) is 0.713. The van der Waals surface area contributed by atoms with Gasteiger partial charge in [0.05, 0.1) is 5.60 Å². The molecule has 3 aliphatic carbocycles. The number of hydrogen-bond acceptors (Lipinski definition) is 5. The van der Waals surface area contributed by atoms with E-state index in [9.17, 15) is 10.2 Å². The van der Waals surface area contributed by atoms with Gasteiger partial charge in [0.1, 0.15) is 11.7 Å². The highest BCUT2D eigenvalue weighted by Gasteiger charge is 2.86. The molecule has 7 atom stereocenters. The molecule has 0 amide bonds. The molecule has 158 valence electrons. The maximum Gasteiger partial charge on any atom is 0.165 e. The lowest BCUT2D eigenvalue weighted by Gasteiger charge is -2.61. The van der Waals surface area contributed by atoms with Crippen molar-refractivity contribution in [1.29, 1.82) is 0 Å². The SMILES string of the molecule is COC12CC3(CC1C(C)(O)C(C)(C)C)C1Cc4ccc(O)c5c4C3(CCN1)C2O5. The van der Waals surface area contributed by atoms with Gasteiger partial charge in [0.25, 0.3) is 0 Å². The first-order valence-electron chi connectivity index (χ1n) is 11.1. The largest absolute Gasteiger partial charge is 0.504 e. The van der Waals surface area contributed by atoms with Gasteiger partial charge in [0.2, 0.25) is 0 Å². The van der Waals surface area contributed by atoms with Crippen LogP contribution in [0.2, 0.25) is 0 Å². The van der Waals surface area contributed by atoms with Crippen molar-refractivity contribution in [3.63, 3.8) is 0 Å². The Hall–Kier alpha value is -1.30. The first kappa shape index (κ1) is 18.5. The van der Waals surface area contributed by atoms with Gasteiger partial charge in [-0.05, 0) is 56.2 Å². The molecule has 0 aromatic heterocycles. The molecule has 1 saturated heterocycles. The number of aliphatic hydroxyl groups is 1. The zero-order chi connectivity index (χ0) is 20.6. The van der Waals surface area contributed by atoms with Crippen molar-refractivity contribution in [2.75, 3.05) is 13.7 Å². The topological polar surface area (TPSA) is 71.0 Å². The minimum absolute atomic E-state index is 0.0160. The van der Waals surface area contributed by atoms with Crippen molar-refractivity contribution in [1.82, 2.24) is 5.32 Å². The summed E-state index contributed by atoms with van der Waals surface area (Å²) in [6.45, 7) is 9.29. The Morgan fingerprint density at radius 1 is 1.24 bits per heavy atom. The molecule has 3 fully saturated rings. The lowest BCUT2D eigenvalue weighted by Crippen LogP contribution is -2.71. The van der Waals surface area contributed by atoms with Gasteiger partial charge in [-0.1, -0.05) is 26.8 Å². The fourth-order valence-electron chi connectivity index (χ4n) is 8.33. The van der Waals surface area contributed by atoms with Gasteiger partial charge < -0.3 is 25.0 Å². The summed E-state index contributed by atoms with van der Waals surface area (Å²) in [5.74, 6) is 0.886. The summed E-state index contributed by atoms with van der Waals surface area (Å²) in [6, 6.07) is 4.22. The van der Waals surface area contributed by atoms with Crippen LogP contribution in [-0.2, 0) is 16.6 Å². The molecule has 5 aliphatic rings. The Morgan fingerprint density at radius 3 is 2.69 bits per heavy atom. The number of methoxy groups -OCH3 is 1. The highest BCUT2D eigenvalue weighted by atomic mass is 16.6. The average molecular weight is 400 g/mol. The second-order valence-corrected chi connectivity index (χ2v) is 11.5. The molecule has 2 saturated carbocycles. The van der Waals surface area contributed by atoms with Crippen LogP contribution in [0.4, 0.5) is 0 Å². The molecule has 7 unspecified atom stereocenters. The summed E-state index contributed by atoms with van der Waals surface area (Å²) in [6.07, 6.45) is 3.61. The van der Waals surface area contributed by atoms with Crippen LogP contribution >= 0.6 is 0 Å². The van der Waals surface area contributed by atoms with Crippen LogP contribution < -0.4 is 10.1 Å². The summed E-state index contributed by atoms with van der Waals surface area (Å²) < 4.78 is 13.1. The first-order chi connectivity index (χ1) is 13.6. The Morgan fingerprint density at radius 2 is 2.00 bits per heavy atom. The van der Waals surface area contributed by atoms with Gasteiger partial charge >= 0.3 is 0 Å². The summed E-state index contributed by atoms with van der Waals surface area (Å²) in [4.78, 5) is 0. The van der Waals surface area contributed by atoms with E-state index < -0.39 is 11.2 Å². The van der Waals surface area contributed by atoms with E-state index in [2.05, 4.69) is 32.2 Å².